The molecule has 76 heavy (non-hydrogen) atoms. The molecule has 0 aliphatic heterocycles. The number of hydrogen-bond donors (Lipinski definition) is 2. The molecule has 0 aliphatic rings. The number of aliphatic hydroxyl groups is 1. The fraction of sp³-hybridized carbons (Fsp3) is 0.703. The van der Waals surface area contributed by atoms with Gasteiger partial charge in [0.05, 0.1) is 19.8 Å². The van der Waals surface area contributed by atoms with Gasteiger partial charge in [-0.05, 0) is 96.3 Å². The molecule has 0 aromatic carbocycles. The Labute approximate surface area is 463 Å². The molecule has 0 saturated carbocycles. The van der Waals surface area contributed by atoms with Crippen molar-refractivity contribution in [2.24, 2.45) is 0 Å². The molecular weight excluding hydrogens is 976 g/mol. The van der Waals surface area contributed by atoms with Crippen molar-refractivity contribution in [1.29, 1.82) is 0 Å². The summed E-state index contributed by atoms with van der Waals surface area (Å²) in [6.07, 6.45) is 67.9. The first-order valence-electron chi connectivity index (χ1n) is 30.1. The summed E-state index contributed by atoms with van der Waals surface area (Å²) in [6.45, 7) is 4.43. The summed E-state index contributed by atoms with van der Waals surface area (Å²) >= 11 is 0. The van der Waals surface area contributed by atoms with Crippen LogP contribution < -0.4 is 0 Å². The number of rotatable bonds is 55. The molecule has 0 aliphatic carbocycles. The van der Waals surface area contributed by atoms with Crippen molar-refractivity contribution >= 4 is 25.7 Å². The van der Waals surface area contributed by atoms with Crippen LogP contribution in [0.3, 0.4) is 0 Å². The van der Waals surface area contributed by atoms with Crippen molar-refractivity contribution in [1.82, 2.24) is 0 Å². The van der Waals surface area contributed by atoms with Gasteiger partial charge >= 0.3 is 25.7 Å². The Morgan fingerprint density at radius 3 is 1.13 bits per heavy atom. The lowest BCUT2D eigenvalue weighted by atomic mass is 10.0. The first-order valence-corrected chi connectivity index (χ1v) is 31.6. The molecule has 0 saturated heterocycles. The standard InChI is InChI=1S/C64H109O11P/c1-4-7-10-13-16-19-22-25-27-29-30-32-33-36-38-41-44-47-50-53-62(66)71-57-61(75-64(68)55-52-49-46-43-40-37-34-31-28-26-23-20-17-14-11-8-5-2)59-73-76(69,70)72-58-60(56-65)74-63(67)54-51-48-45-42-39-35-24-21-18-15-12-9-6-3/h8,11,16-17,19-20,25-28,30,32,34,37,43,46,60-61,65H,4-7,9-10,12-15,18,21-24,29,31,33,35-36,38-42,44-45,47-59H2,1-3H3,(H,69,70)/b11-8-,19-16-,20-17-,27-25-,28-26-,32-30-,37-34-,46-43-. The van der Waals surface area contributed by atoms with Gasteiger partial charge in [-0.1, -0.05) is 234 Å². The maximum Gasteiger partial charge on any atom is 0.472 e. The van der Waals surface area contributed by atoms with Crippen LogP contribution in [0.15, 0.2) is 97.2 Å². The van der Waals surface area contributed by atoms with Gasteiger partial charge in [0, 0.05) is 19.3 Å². The highest BCUT2D eigenvalue weighted by atomic mass is 31.2. The average molecular weight is 1090 g/mol. The van der Waals surface area contributed by atoms with Crippen molar-refractivity contribution in [2.45, 2.75) is 264 Å². The fourth-order valence-corrected chi connectivity index (χ4v) is 8.71. The number of phosphoric acid groups is 1. The van der Waals surface area contributed by atoms with Gasteiger partial charge in [0.25, 0.3) is 0 Å². The summed E-state index contributed by atoms with van der Waals surface area (Å²) in [4.78, 5) is 48.6. The highest BCUT2D eigenvalue weighted by Crippen LogP contribution is 2.43. The van der Waals surface area contributed by atoms with E-state index in [4.69, 9.17) is 23.3 Å². The van der Waals surface area contributed by atoms with Crippen LogP contribution >= 0.6 is 7.82 Å². The van der Waals surface area contributed by atoms with Crippen molar-refractivity contribution in [3.05, 3.63) is 97.2 Å². The Morgan fingerprint density at radius 1 is 0.382 bits per heavy atom. The molecule has 2 N–H and O–H groups in total. The van der Waals surface area contributed by atoms with E-state index in [2.05, 4.69) is 106 Å². The summed E-state index contributed by atoms with van der Waals surface area (Å²) in [5.74, 6) is -1.55. The number of allylic oxidation sites excluding steroid dienone is 16. The van der Waals surface area contributed by atoms with Crippen LogP contribution in [0.5, 0.6) is 0 Å². The van der Waals surface area contributed by atoms with Gasteiger partial charge in [-0.25, -0.2) is 4.57 Å². The summed E-state index contributed by atoms with van der Waals surface area (Å²) < 4.78 is 39.5. The second-order valence-corrected chi connectivity index (χ2v) is 21.2. The van der Waals surface area contributed by atoms with Crippen LogP contribution in [0.25, 0.3) is 0 Å². The maximum atomic E-state index is 12.9. The maximum absolute atomic E-state index is 12.9. The SMILES string of the molecule is CC/C=C\C/C=C\C/C=C\C/C=C\C/C=C\CCCC(=O)OC(COC(=O)CCCCCCCC/C=C\C/C=C\C/C=C\CCCCC)COP(=O)(O)OCC(CO)OC(=O)CCCCCCCCCCCCCCC. The van der Waals surface area contributed by atoms with E-state index in [-0.39, 0.29) is 25.9 Å². The Bertz CT molecular complexity index is 1640. The number of carbonyl (C=O) groups excluding carboxylic acids is 3. The van der Waals surface area contributed by atoms with Crippen LogP contribution in [0, 0.1) is 0 Å². The quantitative estimate of drug-likeness (QED) is 0.0197. The molecule has 0 radical (unpaired) electrons. The number of unbranched alkanes of at least 4 members (excludes halogenated alkanes) is 22. The molecule has 0 bridgehead atoms. The molecule has 0 aromatic rings. The third kappa shape index (κ3) is 55.2. The Hall–Kier alpha value is -3.60. The summed E-state index contributed by atoms with van der Waals surface area (Å²) in [5.41, 5.74) is 0. The molecule has 0 rings (SSSR count). The summed E-state index contributed by atoms with van der Waals surface area (Å²) in [6, 6.07) is 0. The van der Waals surface area contributed by atoms with Crippen LogP contribution in [0.2, 0.25) is 0 Å². The average Bonchev–Trinajstić information content (AvgIpc) is 3.41. The smallest absolute Gasteiger partial charge is 0.462 e. The van der Waals surface area contributed by atoms with E-state index in [0.717, 1.165) is 103 Å². The van der Waals surface area contributed by atoms with Crippen molar-refractivity contribution in [3.63, 3.8) is 0 Å². The Kier molecular flexibility index (Phi) is 54.8. The van der Waals surface area contributed by atoms with Crippen LogP contribution in [0.4, 0.5) is 0 Å². The van der Waals surface area contributed by atoms with Gasteiger partial charge in [0.15, 0.2) is 6.10 Å². The molecule has 0 amide bonds. The minimum Gasteiger partial charge on any atom is -0.462 e. The molecule has 0 aromatic heterocycles. The van der Waals surface area contributed by atoms with Crippen molar-refractivity contribution < 1.29 is 52.2 Å². The molecular formula is C64H109O11P. The molecule has 12 heteroatoms. The zero-order valence-electron chi connectivity index (χ0n) is 48.2. The minimum absolute atomic E-state index is 0.0832. The monoisotopic (exact) mass is 1080 g/mol. The second kappa shape index (κ2) is 57.6. The number of hydrogen-bond acceptors (Lipinski definition) is 10. The lowest BCUT2D eigenvalue weighted by Crippen LogP contribution is -2.30. The number of carbonyl (C=O) groups is 3. The normalized spacial score (nSPS) is 14.0. The fourth-order valence-electron chi connectivity index (χ4n) is 7.93. The predicted molar refractivity (Wildman–Crippen MR) is 316 cm³/mol. The highest BCUT2D eigenvalue weighted by Gasteiger charge is 2.28. The van der Waals surface area contributed by atoms with E-state index in [1.807, 2.05) is 12.2 Å². The van der Waals surface area contributed by atoms with Gasteiger partial charge in [-0.2, -0.15) is 0 Å². The van der Waals surface area contributed by atoms with E-state index in [9.17, 15) is 28.9 Å². The molecule has 0 fully saturated rings. The number of phosphoric ester groups is 1. The topological polar surface area (TPSA) is 155 Å². The Balaban J connectivity index is 4.82. The van der Waals surface area contributed by atoms with Gasteiger partial charge < -0.3 is 24.2 Å². The lowest BCUT2D eigenvalue weighted by molar-refractivity contribution is -0.161. The molecule has 436 valence electrons. The highest BCUT2D eigenvalue weighted by molar-refractivity contribution is 7.47. The number of aliphatic hydroxyl groups excluding tert-OH is 1. The van der Waals surface area contributed by atoms with Gasteiger partial charge in [-0.3, -0.25) is 23.4 Å². The van der Waals surface area contributed by atoms with E-state index in [0.29, 0.717) is 25.7 Å². The number of esters is 3. The Morgan fingerprint density at radius 2 is 0.697 bits per heavy atom. The van der Waals surface area contributed by atoms with E-state index >= 15 is 0 Å². The molecule has 0 heterocycles. The summed E-state index contributed by atoms with van der Waals surface area (Å²) in [5, 5.41) is 9.82. The van der Waals surface area contributed by atoms with E-state index in [1.165, 1.54) is 83.5 Å². The first kappa shape index (κ1) is 72.4. The van der Waals surface area contributed by atoms with Crippen molar-refractivity contribution in [3.8, 4) is 0 Å². The van der Waals surface area contributed by atoms with Crippen LogP contribution in [0.1, 0.15) is 252 Å². The first-order chi connectivity index (χ1) is 37.2. The lowest BCUT2D eigenvalue weighted by Gasteiger charge is -2.21. The molecule has 0 spiro atoms. The second-order valence-electron chi connectivity index (χ2n) is 19.8. The third-order valence-electron chi connectivity index (χ3n) is 12.5. The van der Waals surface area contributed by atoms with Gasteiger partial charge in [0.1, 0.15) is 12.7 Å². The predicted octanol–water partition coefficient (Wildman–Crippen LogP) is 18.0. The number of ether oxygens (including phenoxy) is 3. The van der Waals surface area contributed by atoms with Gasteiger partial charge in [0.2, 0.25) is 0 Å². The third-order valence-corrected chi connectivity index (χ3v) is 13.4. The van der Waals surface area contributed by atoms with Gasteiger partial charge in [-0.15, -0.1) is 0 Å². The van der Waals surface area contributed by atoms with Crippen LogP contribution in [-0.2, 0) is 42.2 Å². The summed E-state index contributed by atoms with van der Waals surface area (Å²) in [7, 11) is -4.77. The molecule has 11 nitrogen and oxygen atoms in total. The largest absolute Gasteiger partial charge is 0.472 e. The molecule has 3 unspecified atom stereocenters. The van der Waals surface area contributed by atoms with E-state index < -0.39 is 57.8 Å². The van der Waals surface area contributed by atoms with E-state index in [1.54, 1.807) is 0 Å². The molecule has 3 atom stereocenters. The zero-order chi connectivity index (χ0) is 55.5. The van der Waals surface area contributed by atoms with Crippen molar-refractivity contribution in [2.75, 3.05) is 26.4 Å². The zero-order valence-corrected chi connectivity index (χ0v) is 49.1. The minimum atomic E-state index is -4.77. The van der Waals surface area contributed by atoms with Crippen LogP contribution in [-0.4, -0.2) is 66.5 Å².